The Kier molecular flexibility index (Phi) is 5.93. The zero-order valence-corrected chi connectivity index (χ0v) is 14.6. The minimum absolute atomic E-state index is 0.0239. The predicted molar refractivity (Wildman–Crippen MR) is 94.1 cm³/mol. The lowest BCUT2D eigenvalue weighted by Crippen LogP contribution is -2.12. The standard InChI is InChI=1S/C18H18BrNO3/c1-12(21)14-4-3-5-15(11-14)20-18(22)9-7-13-6-8-17(23-2)16(19)10-13/h3-6,8,10-11H,7,9H2,1-2H3,(H,20,22). The molecule has 2 aromatic carbocycles. The van der Waals surface area contributed by atoms with E-state index in [0.717, 1.165) is 15.8 Å². The summed E-state index contributed by atoms with van der Waals surface area (Å²) in [7, 11) is 1.61. The summed E-state index contributed by atoms with van der Waals surface area (Å²) in [4.78, 5) is 23.4. The van der Waals surface area contributed by atoms with E-state index in [4.69, 9.17) is 4.74 Å². The van der Waals surface area contributed by atoms with Gasteiger partial charge in [-0.15, -0.1) is 0 Å². The molecule has 5 heteroatoms. The van der Waals surface area contributed by atoms with Crippen LogP contribution in [-0.2, 0) is 11.2 Å². The van der Waals surface area contributed by atoms with Crippen LogP contribution in [0.15, 0.2) is 46.9 Å². The second-order valence-corrected chi connectivity index (χ2v) is 6.01. The average Bonchev–Trinajstić information content (AvgIpc) is 2.53. The second kappa shape index (κ2) is 7.92. The maximum atomic E-state index is 12.0. The van der Waals surface area contributed by atoms with Gasteiger partial charge >= 0.3 is 0 Å². The molecule has 0 bridgehead atoms. The van der Waals surface area contributed by atoms with Crippen LogP contribution >= 0.6 is 15.9 Å². The van der Waals surface area contributed by atoms with Crippen LogP contribution < -0.4 is 10.1 Å². The molecule has 1 amide bonds. The van der Waals surface area contributed by atoms with Crippen LogP contribution in [0.25, 0.3) is 0 Å². The highest BCUT2D eigenvalue weighted by Crippen LogP contribution is 2.26. The van der Waals surface area contributed by atoms with Gasteiger partial charge in [-0.1, -0.05) is 18.2 Å². The summed E-state index contributed by atoms with van der Waals surface area (Å²) in [5.41, 5.74) is 2.27. The van der Waals surface area contributed by atoms with Crippen molar-refractivity contribution >= 4 is 33.3 Å². The quantitative estimate of drug-likeness (QED) is 0.768. The van der Waals surface area contributed by atoms with Gasteiger partial charge in [-0.3, -0.25) is 9.59 Å². The lowest BCUT2D eigenvalue weighted by atomic mass is 10.1. The predicted octanol–water partition coefficient (Wildman–Crippen LogP) is 4.23. The molecular weight excluding hydrogens is 358 g/mol. The lowest BCUT2D eigenvalue weighted by molar-refractivity contribution is -0.116. The molecule has 4 nitrogen and oxygen atoms in total. The monoisotopic (exact) mass is 375 g/mol. The zero-order valence-electron chi connectivity index (χ0n) is 13.1. The fraction of sp³-hybridized carbons (Fsp3) is 0.222. The normalized spacial score (nSPS) is 10.2. The number of ether oxygens (including phenoxy) is 1. The van der Waals surface area contributed by atoms with Crippen LogP contribution in [0.3, 0.4) is 0 Å². The first-order chi connectivity index (χ1) is 11.0. The molecular formula is C18H18BrNO3. The molecule has 0 saturated carbocycles. The van der Waals surface area contributed by atoms with Crippen molar-refractivity contribution in [3.05, 3.63) is 58.1 Å². The molecule has 0 heterocycles. The summed E-state index contributed by atoms with van der Waals surface area (Å²) >= 11 is 3.43. The molecule has 23 heavy (non-hydrogen) atoms. The summed E-state index contributed by atoms with van der Waals surface area (Å²) in [5.74, 6) is 0.654. The number of rotatable bonds is 6. The van der Waals surface area contributed by atoms with Gasteiger partial charge in [-0.2, -0.15) is 0 Å². The molecule has 0 saturated heterocycles. The van der Waals surface area contributed by atoms with E-state index in [2.05, 4.69) is 21.2 Å². The Hall–Kier alpha value is -2.14. The second-order valence-electron chi connectivity index (χ2n) is 5.15. The van der Waals surface area contributed by atoms with Crippen molar-refractivity contribution in [2.75, 3.05) is 12.4 Å². The van der Waals surface area contributed by atoms with Crippen molar-refractivity contribution in [2.45, 2.75) is 19.8 Å². The van der Waals surface area contributed by atoms with Crippen LogP contribution in [0.4, 0.5) is 5.69 Å². The molecule has 0 atom stereocenters. The van der Waals surface area contributed by atoms with Crippen LogP contribution in [-0.4, -0.2) is 18.8 Å². The first-order valence-electron chi connectivity index (χ1n) is 7.23. The number of ketones is 1. The van der Waals surface area contributed by atoms with E-state index in [1.54, 1.807) is 31.4 Å². The molecule has 0 aliphatic heterocycles. The van der Waals surface area contributed by atoms with Crippen molar-refractivity contribution in [2.24, 2.45) is 0 Å². The number of methoxy groups -OCH3 is 1. The van der Waals surface area contributed by atoms with E-state index >= 15 is 0 Å². The van der Waals surface area contributed by atoms with Crippen LogP contribution in [0.1, 0.15) is 29.3 Å². The summed E-state index contributed by atoms with van der Waals surface area (Å²) in [6, 6.07) is 12.7. The maximum absolute atomic E-state index is 12.0. The highest BCUT2D eigenvalue weighted by atomic mass is 79.9. The van der Waals surface area contributed by atoms with E-state index in [-0.39, 0.29) is 11.7 Å². The van der Waals surface area contributed by atoms with Crippen LogP contribution in [0.2, 0.25) is 0 Å². The number of carbonyl (C=O) groups excluding carboxylic acids is 2. The topological polar surface area (TPSA) is 55.4 Å². The average molecular weight is 376 g/mol. The number of Topliss-reactive ketones (excluding diaryl/α,β-unsaturated/α-hetero) is 1. The Morgan fingerprint density at radius 1 is 1.17 bits per heavy atom. The van der Waals surface area contributed by atoms with Crippen molar-refractivity contribution in [1.82, 2.24) is 0 Å². The molecule has 0 aromatic heterocycles. The van der Waals surface area contributed by atoms with Gasteiger partial charge < -0.3 is 10.1 Å². The van der Waals surface area contributed by atoms with Gasteiger partial charge in [0, 0.05) is 17.7 Å². The fourth-order valence-electron chi connectivity index (χ4n) is 2.16. The Morgan fingerprint density at radius 3 is 2.61 bits per heavy atom. The lowest BCUT2D eigenvalue weighted by Gasteiger charge is -2.08. The number of benzene rings is 2. The Bertz CT molecular complexity index is 728. The Morgan fingerprint density at radius 2 is 1.96 bits per heavy atom. The molecule has 0 aliphatic carbocycles. The molecule has 0 aliphatic rings. The number of anilines is 1. The van der Waals surface area contributed by atoms with E-state index in [0.29, 0.717) is 24.1 Å². The largest absolute Gasteiger partial charge is 0.496 e. The van der Waals surface area contributed by atoms with Gasteiger partial charge in [0.25, 0.3) is 0 Å². The van der Waals surface area contributed by atoms with Crippen molar-refractivity contribution in [3.63, 3.8) is 0 Å². The number of halogens is 1. The highest BCUT2D eigenvalue weighted by molar-refractivity contribution is 9.10. The summed E-state index contributed by atoms with van der Waals surface area (Å²) in [6.07, 6.45) is 0.990. The van der Waals surface area contributed by atoms with Crippen LogP contribution in [0, 0.1) is 0 Å². The highest BCUT2D eigenvalue weighted by Gasteiger charge is 2.07. The summed E-state index contributed by atoms with van der Waals surface area (Å²) < 4.78 is 6.05. The van der Waals surface area contributed by atoms with Gasteiger partial charge in [0.05, 0.1) is 11.6 Å². The summed E-state index contributed by atoms with van der Waals surface area (Å²) in [5, 5.41) is 2.82. The van der Waals surface area contributed by atoms with Gasteiger partial charge in [-0.05, 0) is 59.1 Å². The van der Waals surface area contributed by atoms with Gasteiger partial charge in [-0.25, -0.2) is 0 Å². The Balaban J connectivity index is 1.94. The summed E-state index contributed by atoms with van der Waals surface area (Å²) in [6.45, 7) is 1.50. The molecule has 120 valence electrons. The minimum atomic E-state index is -0.0855. The van der Waals surface area contributed by atoms with Gasteiger partial charge in [0.1, 0.15) is 5.75 Å². The van der Waals surface area contributed by atoms with Crippen molar-refractivity contribution in [1.29, 1.82) is 0 Å². The van der Waals surface area contributed by atoms with E-state index in [1.807, 2.05) is 18.2 Å². The first-order valence-corrected chi connectivity index (χ1v) is 8.02. The smallest absolute Gasteiger partial charge is 0.224 e. The molecule has 0 radical (unpaired) electrons. The third-order valence-electron chi connectivity index (χ3n) is 3.41. The zero-order chi connectivity index (χ0) is 16.8. The Labute approximate surface area is 144 Å². The van der Waals surface area contributed by atoms with E-state index in [9.17, 15) is 9.59 Å². The molecule has 0 fully saturated rings. The number of nitrogens with one attached hydrogen (secondary N) is 1. The number of carbonyl (C=O) groups is 2. The SMILES string of the molecule is COc1ccc(CCC(=O)Nc2cccc(C(C)=O)c2)cc1Br. The molecule has 0 spiro atoms. The minimum Gasteiger partial charge on any atom is -0.496 e. The van der Waals surface area contributed by atoms with Crippen molar-refractivity contribution in [3.8, 4) is 5.75 Å². The number of hydrogen-bond donors (Lipinski definition) is 1. The van der Waals surface area contributed by atoms with Crippen molar-refractivity contribution < 1.29 is 14.3 Å². The third kappa shape index (κ3) is 4.93. The van der Waals surface area contributed by atoms with E-state index < -0.39 is 0 Å². The maximum Gasteiger partial charge on any atom is 0.224 e. The number of amides is 1. The van der Waals surface area contributed by atoms with Gasteiger partial charge in [0.15, 0.2) is 5.78 Å². The number of aryl methyl sites for hydroxylation is 1. The number of hydrogen-bond acceptors (Lipinski definition) is 3. The molecule has 1 N–H and O–H groups in total. The van der Waals surface area contributed by atoms with Crippen LogP contribution in [0.5, 0.6) is 5.75 Å². The fourth-order valence-corrected chi connectivity index (χ4v) is 2.75. The van der Waals surface area contributed by atoms with E-state index in [1.165, 1.54) is 6.92 Å². The molecule has 2 rings (SSSR count). The molecule has 2 aromatic rings. The molecule has 0 unspecified atom stereocenters. The van der Waals surface area contributed by atoms with Gasteiger partial charge in [0.2, 0.25) is 5.91 Å². The third-order valence-corrected chi connectivity index (χ3v) is 4.03. The first kappa shape index (κ1) is 17.2.